The summed E-state index contributed by atoms with van der Waals surface area (Å²) in [7, 11) is -3.86. The van der Waals surface area contributed by atoms with Crippen LogP contribution < -0.4 is 19.5 Å². The minimum Gasteiger partial charge on any atom is -0.454 e. The molecule has 1 aromatic heterocycles. The number of ether oxygens (including phenoxy) is 2. The van der Waals surface area contributed by atoms with Crippen LogP contribution >= 0.6 is 0 Å². The van der Waals surface area contributed by atoms with Crippen molar-refractivity contribution in [2.75, 3.05) is 6.79 Å². The zero-order chi connectivity index (χ0) is 20.7. The first-order chi connectivity index (χ1) is 12.9. The highest BCUT2D eigenvalue weighted by Gasteiger charge is 2.29. The summed E-state index contributed by atoms with van der Waals surface area (Å²) in [4.78, 5) is 12.6. The normalized spacial score (nSPS) is 14.2. The third kappa shape index (κ3) is 4.31. The van der Waals surface area contributed by atoms with E-state index in [9.17, 15) is 13.2 Å². The third-order valence-corrected chi connectivity index (χ3v) is 5.66. The molecule has 1 amide bonds. The van der Waals surface area contributed by atoms with E-state index < -0.39 is 27.0 Å². The summed E-state index contributed by atoms with van der Waals surface area (Å²) >= 11 is 0. The van der Waals surface area contributed by atoms with Crippen LogP contribution in [0.2, 0.25) is 0 Å². The molecule has 1 aliphatic heterocycles. The number of fused-ring (bicyclic) bond motifs is 1. The van der Waals surface area contributed by atoms with Crippen molar-refractivity contribution in [3.05, 3.63) is 41.7 Å². The summed E-state index contributed by atoms with van der Waals surface area (Å²) in [5.41, 5.74) is -0.623. The maximum absolute atomic E-state index is 12.6. The van der Waals surface area contributed by atoms with Crippen molar-refractivity contribution in [1.82, 2.24) is 10.0 Å². The minimum absolute atomic E-state index is 0.0943. The molecule has 0 saturated carbocycles. The second-order valence-corrected chi connectivity index (χ2v) is 9.73. The minimum atomic E-state index is -3.86. The number of sulfonamides is 1. The molecule has 0 fully saturated rings. The van der Waals surface area contributed by atoms with Crippen LogP contribution in [0.15, 0.2) is 39.8 Å². The number of amides is 1. The van der Waals surface area contributed by atoms with Gasteiger partial charge in [0, 0.05) is 5.54 Å². The van der Waals surface area contributed by atoms with Crippen LogP contribution in [0.3, 0.4) is 0 Å². The van der Waals surface area contributed by atoms with Crippen LogP contribution in [0.4, 0.5) is 0 Å². The van der Waals surface area contributed by atoms with Crippen molar-refractivity contribution in [2.45, 2.75) is 50.8 Å². The number of hydrogen-bond donors (Lipinski definition) is 2. The number of benzene rings is 1. The summed E-state index contributed by atoms with van der Waals surface area (Å²) in [6.07, 6.45) is 0. The first-order valence-corrected chi connectivity index (χ1v) is 10.2. The van der Waals surface area contributed by atoms with Crippen molar-refractivity contribution in [3.63, 3.8) is 0 Å². The number of nitrogens with one attached hydrogen (secondary N) is 2. The summed E-state index contributed by atoms with van der Waals surface area (Å²) < 4.78 is 43.1. The highest BCUT2D eigenvalue weighted by Crippen LogP contribution is 2.35. The molecule has 28 heavy (non-hydrogen) atoms. The van der Waals surface area contributed by atoms with Crippen LogP contribution in [0.1, 0.15) is 50.7 Å². The molecule has 0 saturated heterocycles. The fourth-order valence-corrected chi connectivity index (χ4v) is 4.10. The number of carbonyl (C=O) groups excluding carboxylic acids is 1. The molecule has 2 heterocycles. The monoisotopic (exact) mass is 408 g/mol. The average Bonchev–Trinajstić information content (AvgIpc) is 3.21. The van der Waals surface area contributed by atoms with Gasteiger partial charge in [0.25, 0.3) is 15.9 Å². The van der Waals surface area contributed by atoms with Gasteiger partial charge in [-0.3, -0.25) is 4.79 Å². The quantitative estimate of drug-likeness (QED) is 0.788. The van der Waals surface area contributed by atoms with Gasteiger partial charge in [-0.15, -0.1) is 0 Å². The Hall–Kier alpha value is -2.52. The van der Waals surface area contributed by atoms with E-state index in [0.29, 0.717) is 11.5 Å². The fraction of sp³-hybridized carbons (Fsp3) is 0.421. The molecular weight excluding hydrogens is 384 g/mol. The van der Waals surface area contributed by atoms with Gasteiger partial charge in [0.1, 0.15) is 0 Å². The Balaban J connectivity index is 1.77. The molecule has 0 radical (unpaired) electrons. The summed E-state index contributed by atoms with van der Waals surface area (Å²) in [6.45, 7) is 8.96. The standard InChI is InChI=1S/C19H24N2O6S/c1-18(2,3)21-28(23,24)16-9-8-14(27-16)17(22)20-19(4,5)12-6-7-13-15(10-12)26-11-25-13/h6-10,21H,11H2,1-5H3,(H,20,22). The van der Waals surface area contributed by atoms with Gasteiger partial charge < -0.3 is 19.2 Å². The predicted molar refractivity (Wildman–Crippen MR) is 102 cm³/mol. The van der Waals surface area contributed by atoms with Crippen LogP contribution in [-0.4, -0.2) is 26.7 Å². The van der Waals surface area contributed by atoms with E-state index >= 15 is 0 Å². The molecule has 0 bridgehead atoms. The van der Waals surface area contributed by atoms with Gasteiger partial charge >= 0.3 is 0 Å². The van der Waals surface area contributed by atoms with Gasteiger partial charge in [-0.05, 0) is 64.4 Å². The van der Waals surface area contributed by atoms with Crippen molar-refractivity contribution in [2.24, 2.45) is 0 Å². The zero-order valence-electron chi connectivity index (χ0n) is 16.5. The van der Waals surface area contributed by atoms with Crippen LogP contribution in [0.5, 0.6) is 11.5 Å². The summed E-state index contributed by atoms with van der Waals surface area (Å²) in [5.74, 6) is 0.639. The van der Waals surface area contributed by atoms with Gasteiger partial charge in [-0.1, -0.05) is 6.07 Å². The molecule has 8 nitrogen and oxygen atoms in total. The Morgan fingerprint density at radius 1 is 1.00 bits per heavy atom. The maximum atomic E-state index is 12.6. The van der Waals surface area contributed by atoms with Crippen molar-refractivity contribution in [1.29, 1.82) is 0 Å². The Bertz CT molecular complexity index is 1000. The molecule has 2 N–H and O–H groups in total. The molecule has 3 rings (SSSR count). The molecule has 152 valence electrons. The van der Waals surface area contributed by atoms with E-state index in [-0.39, 0.29) is 17.6 Å². The summed E-state index contributed by atoms with van der Waals surface area (Å²) in [5, 5.41) is 2.54. The van der Waals surface area contributed by atoms with E-state index in [4.69, 9.17) is 13.9 Å². The van der Waals surface area contributed by atoms with Crippen molar-refractivity contribution in [3.8, 4) is 11.5 Å². The first kappa shape index (κ1) is 20.2. The lowest BCUT2D eigenvalue weighted by atomic mass is 9.93. The number of furan rings is 1. The highest BCUT2D eigenvalue weighted by molar-refractivity contribution is 7.89. The van der Waals surface area contributed by atoms with Crippen LogP contribution in [0, 0.1) is 0 Å². The van der Waals surface area contributed by atoms with Gasteiger partial charge in [0.2, 0.25) is 11.9 Å². The smallest absolute Gasteiger partial charge is 0.287 e. The zero-order valence-corrected chi connectivity index (χ0v) is 17.3. The highest BCUT2D eigenvalue weighted by atomic mass is 32.2. The lowest BCUT2D eigenvalue weighted by Gasteiger charge is -2.26. The number of carbonyl (C=O) groups is 1. The van der Waals surface area contributed by atoms with Gasteiger partial charge in [-0.25, -0.2) is 13.1 Å². The molecule has 9 heteroatoms. The fourth-order valence-electron chi connectivity index (χ4n) is 2.74. The molecule has 2 aromatic rings. The molecule has 0 unspecified atom stereocenters. The molecular formula is C19H24N2O6S. The average molecular weight is 408 g/mol. The Kier molecular flexibility index (Phi) is 4.93. The lowest BCUT2D eigenvalue weighted by Crippen LogP contribution is -2.41. The van der Waals surface area contributed by atoms with Crippen LogP contribution in [-0.2, 0) is 15.6 Å². The predicted octanol–water partition coefficient (Wildman–Crippen LogP) is 2.75. The van der Waals surface area contributed by atoms with Gasteiger partial charge in [0.15, 0.2) is 17.3 Å². The second-order valence-electron chi connectivity index (χ2n) is 8.12. The van der Waals surface area contributed by atoms with E-state index in [1.165, 1.54) is 12.1 Å². The molecule has 1 aromatic carbocycles. The second kappa shape index (κ2) is 6.82. The molecule has 1 aliphatic rings. The van der Waals surface area contributed by atoms with Gasteiger partial charge in [-0.2, -0.15) is 0 Å². The molecule has 0 spiro atoms. The van der Waals surface area contributed by atoms with Crippen LogP contribution in [0.25, 0.3) is 0 Å². The molecule has 0 aliphatic carbocycles. The first-order valence-electron chi connectivity index (χ1n) is 8.74. The molecule has 0 atom stereocenters. The largest absolute Gasteiger partial charge is 0.454 e. The van der Waals surface area contributed by atoms with E-state index in [2.05, 4.69) is 10.0 Å². The van der Waals surface area contributed by atoms with Crippen molar-refractivity contribution >= 4 is 15.9 Å². The summed E-state index contributed by atoms with van der Waals surface area (Å²) in [6, 6.07) is 8.01. The van der Waals surface area contributed by atoms with E-state index in [0.717, 1.165) is 5.56 Å². The topological polar surface area (TPSA) is 107 Å². The number of rotatable bonds is 5. The number of hydrogen-bond acceptors (Lipinski definition) is 6. The Morgan fingerprint density at radius 3 is 2.36 bits per heavy atom. The maximum Gasteiger partial charge on any atom is 0.287 e. The van der Waals surface area contributed by atoms with Crippen molar-refractivity contribution < 1.29 is 27.1 Å². The van der Waals surface area contributed by atoms with E-state index in [1.807, 2.05) is 19.9 Å². The third-order valence-electron chi connectivity index (χ3n) is 4.03. The Labute approximate surface area is 164 Å². The Morgan fingerprint density at radius 2 is 1.68 bits per heavy atom. The lowest BCUT2D eigenvalue weighted by molar-refractivity contribution is 0.0878. The van der Waals surface area contributed by atoms with Gasteiger partial charge in [0.05, 0.1) is 5.54 Å². The van der Waals surface area contributed by atoms with E-state index in [1.54, 1.807) is 32.9 Å². The SMILES string of the molecule is CC(C)(C)NS(=O)(=O)c1ccc(C(=O)NC(C)(C)c2ccc3c(c2)OCO3)o1.